The number of nitro benzene ring substituents is 1. The Bertz CT molecular complexity index is 527. The zero-order valence-corrected chi connectivity index (χ0v) is 14.3. The number of carbonyl (C=O) groups excluding carboxylic acids is 1. The molecular formula is C15H24ClN3O3. The van der Waals surface area contributed by atoms with Crippen molar-refractivity contribution in [3.63, 3.8) is 0 Å². The van der Waals surface area contributed by atoms with Crippen LogP contribution >= 0.6 is 12.4 Å². The fraction of sp³-hybridized carbons (Fsp3) is 0.533. The molecule has 2 N–H and O–H groups in total. The van der Waals surface area contributed by atoms with Crippen molar-refractivity contribution in [2.75, 3.05) is 19.6 Å². The van der Waals surface area contributed by atoms with E-state index in [1.54, 1.807) is 12.1 Å². The Morgan fingerprint density at radius 2 is 1.91 bits per heavy atom. The van der Waals surface area contributed by atoms with E-state index in [4.69, 9.17) is 0 Å². The Morgan fingerprint density at radius 3 is 2.41 bits per heavy atom. The van der Waals surface area contributed by atoms with Gasteiger partial charge in [-0.1, -0.05) is 33.8 Å². The van der Waals surface area contributed by atoms with Crippen LogP contribution in [0, 0.1) is 10.1 Å². The van der Waals surface area contributed by atoms with Crippen molar-refractivity contribution in [2.45, 2.75) is 33.1 Å². The molecule has 0 unspecified atom stereocenters. The fourth-order valence-electron chi connectivity index (χ4n) is 2.00. The van der Waals surface area contributed by atoms with Gasteiger partial charge < -0.3 is 10.6 Å². The van der Waals surface area contributed by atoms with E-state index in [-0.39, 0.29) is 29.4 Å². The van der Waals surface area contributed by atoms with Crippen LogP contribution in [0.5, 0.6) is 0 Å². The summed E-state index contributed by atoms with van der Waals surface area (Å²) in [6.45, 7) is 9.70. The number of hydrogen-bond donors (Lipinski definition) is 2. The van der Waals surface area contributed by atoms with Crippen LogP contribution in [0.4, 0.5) is 5.69 Å². The third kappa shape index (κ3) is 5.61. The van der Waals surface area contributed by atoms with Crippen LogP contribution in [0.15, 0.2) is 18.2 Å². The summed E-state index contributed by atoms with van der Waals surface area (Å²) in [5.41, 5.74) is 0.576. The number of nitro groups is 1. The first-order chi connectivity index (χ1) is 9.77. The largest absolute Gasteiger partial charge is 0.351 e. The van der Waals surface area contributed by atoms with E-state index in [2.05, 4.69) is 10.6 Å². The molecule has 0 aliphatic rings. The third-order valence-electron chi connectivity index (χ3n) is 3.10. The summed E-state index contributed by atoms with van der Waals surface area (Å²) in [6.07, 6.45) is 0. The number of likely N-dealkylation sites (N-methyl/N-ethyl adjacent to an activating group) is 1. The predicted molar refractivity (Wildman–Crippen MR) is 89.9 cm³/mol. The average molecular weight is 330 g/mol. The van der Waals surface area contributed by atoms with Gasteiger partial charge in [-0.25, -0.2) is 0 Å². The lowest BCUT2D eigenvalue weighted by Gasteiger charge is -2.19. The second-order valence-corrected chi connectivity index (χ2v) is 5.85. The second-order valence-electron chi connectivity index (χ2n) is 5.85. The Morgan fingerprint density at radius 1 is 1.27 bits per heavy atom. The summed E-state index contributed by atoms with van der Waals surface area (Å²) in [7, 11) is 0. The van der Waals surface area contributed by atoms with Gasteiger partial charge in [-0.3, -0.25) is 14.9 Å². The smallest absolute Gasteiger partial charge is 0.273 e. The van der Waals surface area contributed by atoms with Crippen molar-refractivity contribution in [1.82, 2.24) is 10.6 Å². The maximum Gasteiger partial charge on any atom is 0.273 e. The standard InChI is InChI=1S/C15H23N3O3.ClH/c1-5-16-8-9-17-14(19)11-6-7-12(15(2,3)4)13(10-11)18(20)21;/h6-7,10,16H,5,8-9H2,1-4H3,(H,17,19);1H. The highest BCUT2D eigenvalue weighted by atomic mass is 35.5. The van der Waals surface area contributed by atoms with Crippen molar-refractivity contribution in [2.24, 2.45) is 0 Å². The first kappa shape index (κ1) is 20.3. The molecule has 1 aromatic rings. The van der Waals surface area contributed by atoms with Crippen LogP contribution in [0.25, 0.3) is 0 Å². The lowest BCUT2D eigenvalue weighted by molar-refractivity contribution is -0.386. The van der Waals surface area contributed by atoms with Gasteiger partial charge >= 0.3 is 0 Å². The lowest BCUT2D eigenvalue weighted by atomic mass is 9.85. The molecule has 0 saturated carbocycles. The average Bonchev–Trinajstić information content (AvgIpc) is 2.41. The molecule has 0 spiro atoms. The Balaban J connectivity index is 0.00000441. The van der Waals surface area contributed by atoms with Gasteiger partial charge in [0, 0.05) is 30.3 Å². The summed E-state index contributed by atoms with van der Waals surface area (Å²) < 4.78 is 0. The molecule has 0 fully saturated rings. The normalized spacial score (nSPS) is 10.7. The maximum absolute atomic E-state index is 12.0. The summed E-state index contributed by atoms with van der Waals surface area (Å²) in [5.74, 6) is -0.295. The Kier molecular flexibility index (Phi) is 8.05. The summed E-state index contributed by atoms with van der Waals surface area (Å²) in [4.78, 5) is 22.8. The minimum atomic E-state index is -0.435. The van der Waals surface area contributed by atoms with Crippen molar-refractivity contribution < 1.29 is 9.72 Å². The van der Waals surface area contributed by atoms with Gasteiger partial charge in [-0.2, -0.15) is 0 Å². The monoisotopic (exact) mass is 329 g/mol. The highest BCUT2D eigenvalue weighted by Crippen LogP contribution is 2.31. The molecule has 0 radical (unpaired) electrons. The first-order valence-corrected chi connectivity index (χ1v) is 7.05. The molecule has 1 aromatic carbocycles. The SMILES string of the molecule is CCNCCNC(=O)c1ccc(C(C)(C)C)c([N+](=O)[O-])c1.Cl. The van der Waals surface area contributed by atoms with Crippen LogP contribution in [0.3, 0.4) is 0 Å². The van der Waals surface area contributed by atoms with E-state index < -0.39 is 4.92 Å². The molecule has 0 heterocycles. The van der Waals surface area contributed by atoms with E-state index in [0.29, 0.717) is 24.2 Å². The first-order valence-electron chi connectivity index (χ1n) is 7.05. The highest BCUT2D eigenvalue weighted by molar-refractivity contribution is 5.95. The van der Waals surface area contributed by atoms with Crippen LogP contribution in [0.2, 0.25) is 0 Å². The Hall–Kier alpha value is -1.66. The van der Waals surface area contributed by atoms with Gasteiger partial charge in [0.05, 0.1) is 4.92 Å². The minimum Gasteiger partial charge on any atom is -0.351 e. The topological polar surface area (TPSA) is 84.3 Å². The fourth-order valence-corrected chi connectivity index (χ4v) is 2.00. The van der Waals surface area contributed by atoms with E-state index >= 15 is 0 Å². The summed E-state index contributed by atoms with van der Waals surface area (Å²) in [6, 6.07) is 4.65. The summed E-state index contributed by atoms with van der Waals surface area (Å²) in [5, 5.41) is 17.0. The number of halogens is 1. The molecule has 7 heteroatoms. The van der Waals surface area contributed by atoms with Gasteiger partial charge in [0.1, 0.15) is 0 Å². The molecule has 0 aliphatic carbocycles. The number of hydrogen-bond acceptors (Lipinski definition) is 4. The molecule has 0 aliphatic heterocycles. The summed E-state index contributed by atoms with van der Waals surface area (Å²) >= 11 is 0. The quantitative estimate of drug-likeness (QED) is 0.477. The second kappa shape index (κ2) is 8.70. The highest BCUT2D eigenvalue weighted by Gasteiger charge is 2.25. The van der Waals surface area contributed by atoms with E-state index in [1.165, 1.54) is 6.07 Å². The number of nitrogens with zero attached hydrogens (tertiary/aromatic N) is 1. The molecule has 22 heavy (non-hydrogen) atoms. The number of amides is 1. The molecule has 1 rings (SSSR count). The predicted octanol–water partition coefficient (Wildman–Crippen LogP) is 2.65. The molecule has 0 saturated heterocycles. The van der Waals surface area contributed by atoms with E-state index in [1.807, 2.05) is 27.7 Å². The minimum absolute atomic E-state index is 0. The zero-order valence-electron chi connectivity index (χ0n) is 13.4. The molecule has 6 nitrogen and oxygen atoms in total. The Labute approximate surface area is 137 Å². The molecular weight excluding hydrogens is 306 g/mol. The zero-order chi connectivity index (χ0) is 16.0. The molecule has 124 valence electrons. The van der Waals surface area contributed by atoms with Gasteiger partial charge in [-0.05, 0) is 18.0 Å². The van der Waals surface area contributed by atoms with Crippen molar-refractivity contribution >= 4 is 24.0 Å². The van der Waals surface area contributed by atoms with E-state index in [9.17, 15) is 14.9 Å². The number of benzene rings is 1. The number of nitrogens with one attached hydrogen (secondary N) is 2. The molecule has 1 amide bonds. The van der Waals surface area contributed by atoms with Gasteiger partial charge in [0.2, 0.25) is 0 Å². The van der Waals surface area contributed by atoms with E-state index in [0.717, 1.165) is 6.54 Å². The third-order valence-corrected chi connectivity index (χ3v) is 3.10. The van der Waals surface area contributed by atoms with Gasteiger partial charge in [0.15, 0.2) is 0 Å². The van der Waals surface area contributed by atoms with Crippen LogP contribution in [-0.4, -0.2) is 30.5 Å². The molecule has 0 aromatic heterocycles. The lowest BCUT2D eigenvalue weighted by Crippen LogP contribution is -2.31. The van der Waals surface area contributed by atoms with Crippen LogP contribution in [0.1, 0.15) is 43.6 Å². The maximum atomic E-state index is 12.0. The van der Waals surface area contributed by atoms with Crippen molar-refractivity contribution in [3.05, 3.63) is 39.4 Å². The number of carbonyl (C=O) groups is 1. The van der Waals surface area contributed by atoms with Crippen LogP contribution < -0.4 is 10.6 Å². The van der Waals surface area contributed by atoms with Gasteiger partial charge in [0.25, 0.3) is 11.6 Å². The van der Waals surface area contributed by atoms with Crippen molar-refractivity contribution in [1.29, 1.82) is 0 Å². The van der Waals surface area contributed by atoms with Gasteiger partial charge in [-0.15, -0.1) is 12.4 Å². The molecule has 0 bridgehead atoms. The van der Waals surface area contributed by atoms with Crippen molar-refractivity contribution in [3.8, 4) is 0 Å². The number of rotatable bonds is 6. The molecule has 0 atom stereocenters. The van der Waals surface area contributed by atoms with Crippen LogP contribution in [-0.2, 0) is 5.41 Å².